The number of phenols is 1. The van der Waals surface area contributed by atoms with E-state index in [1.54, 1.807) is 0 Å². The summed E-state index contributed by atoms with van der Waals surface area (Å²) >= 11 is 0. The zero-order valence-electron chi connectivity index (χ0n) is 25.2. The molecule has 4 rings (SSSR count). The van der Waals surface area contributed by atoms with Crippen molar-refractivity contribution in [3.63, 3.8) is 0 Å². The first kappa shape index (κ1) is 30.9. The molecule has 0 spiro atoms. The van der Waals surface area contributed by atoms with Gasteiger partial charge in [0.15, 0.2) is 0 Å². The maximum atomic E-state index is 10.6. The first-order valence-electron chi connectivity index (χ1n) is 14.9. The van der Waals surface area contributed by atoms with Gasteiger partial charge in [0.25, 0.3) is 0 Å². The molecule has 1 saturated carbocycles. The molecule has 3 nitrogen and oxygen atoms in total. The van der Waals surface area contributed by atoms with E-state index in [-0.39, 0.29) is 10.8 Å². The van der Waals surface area contributed by atoms with Crippen LogP contribution in [0.15, 0.2) is 78.9 Å². The zero-order chi connectivity index (χ0) is 28.6. The smallest absolute Gasteiger partial charge is 0.119 e. The summed E-state index contributed by atoms with van der Waals surface area (Å²) in [6.45, 7) is 13.0. The summed E-state index contributed by atoms with van der Waals surface area (Å²) in [5.41, 5.74) is 15.9. The van der Waals surface area contributed by atoms with Crippen LogP contribution in [0.1, 0.15) is 102 Å². The standard InChI is InChI=1S/C24H26O.C12H26N2/c1-23(2,18-11-7-5-8-12-18)20-15-16-22(25)21(17-20)24(3,4)19-13-9-6-10-14-19;1-9(13)6-11-4-3-5-12(8-11)7-10(2)14/h5-17,25H,1-4H3;9-12H,3-8,13-14H2,1-2H3. The van der Waals surface area contributed by atoms with E-state index in [4.69, 9.17) is 11.5 Å². The van der Waals surface area contributed by atoms with Crippen LogP contribution >= 0.6 is 0 Å². The summed E-state index contributed by atoms with van der Waals surface area (Å²) in [5, 5.41) is 10.6. The largest absolute Gasteiger partial charge is 0.508 e. The zero-order valence-corrected chi connectivity index (χ0v) is 25.2. The molecule has 0 bridgehead atoms. The van der Waals surface area contributed by atoms with E-state index in [0.717, 1.165) is 17.4 Å². The lowest BCUT2D eigenvalue weighted by Crippen LogP contribution is -2.27. The molecule has 3 aromatic carbocycles. The van der Waals surface area contributed by atoms with Crippen LogP contribution in [0.25, 0.3) is 0 Å². The Morgan fingerprint density at radius 2 is 1.15 bits per heavy atom. The lowest BCUT2D eigenvalue weighted by Gasteiger charge is -2.31. The molecule has 212 valence electrons. The maximum Gasteiger partial charge on any atom is 0.119 e. The first-order valence-corrected chi connectivity index (χ1v) is 14.9. The number of hydrogen-bond donors (Lipinski definition) is 3. The van der Waals surface area contributed by atoms with E-state index in [2.05, 4.69) is 84.0 Å². The molecule has 1 aliphatic carbocycles. The van der Waals surface area contributed by atoms with Crippen LogP contribution in [0.5, 0.6) is 5.75 Å². The number of benzene rings is 3. The number of phenolic OH excluding ortho intramolecular Hbond substituents is 1. The molecule has 0 heterocycles. The number of aromatic hydroxyl groups is 1. The van der Waals surface area contributed by atoms with Gasteiger partial charge in [0.05, 0.1) is 0 Å². The topological polar surface area (TPSA) is 72.3 Å². The second-order valence-electron chi connectivity index (χ2n) is 13.0. The molecule has 0 amide bonds. The van der Waals surface area contributed by atoms with Crippen molar-refractivity contribution < 1.29 is 5.11 Å². The normalized spacial score (nSPS) is 19.5. The summed E-state index contributed by atoms with van der Waals surface area (Å²) < 4.78 is 0. The summed E-state index contributed by atoms with van der Waals surface area (Å²) in [7, 11) is 0. The second kappa shape index (κ2) is 13.6. The fourth-order valence-corrected chi connectivity index (χ4v) is 6.34. The van der Waals surface area contributed by atoms with Crippen molar-refractivity contribution in [2.45, 2.75) is 103 Å². The molecule has 0 aromatic heterocycles. The van der Waals surface area contributed by atoms with E-state index in [9.17, 15) is 5.11 Å². The molecule has 39 heavy (non-hydrogen) atoms. The molecule has 4 unspecified atom stereocenters. The van der Waals surface area contributed by atoms with E-state index >= 15 is 0 Å². The average Bonchev–Trinajstić information content (AvgIpc) is 2.89. The average molecular weight is 529 g/mol. The highest BCUT2D eigenvalue weighted by Crippen LogP contribution is 2.41. The lowest BCUT2D eigenvalue weighted by molar-refractivity contribution is 0.229. The third kappa shape index (κ3) is 8.43. The van der Waals surface area contributed by atoms with Gasteiger partial charge in [0, 0.05) is 28.5 Å². The van der Waals surface area contributed by atoms with Crippen LogP contribution in [0.4, 0.5) is 0 Å². The molecule has 5 N–H and O–H groups in total. The van der Waals surface area contributed by atoms with Gasteiger partial charge in [-0.2, -0.15) is 0 Å². The van der Waals surface area contributed by atoms with E-state index in [0.29, 0.717) is 17.8 Å². The predicted octanol–water partition coefficient (Wildman–Crippen LogP) is 8.31. The Balaban J connectivity index is 0.000000255. The van der Waals surface area contributed by atoms with Crippen molar-refractivity contribution in [3.8, 4) is 5.75 Å². The minimum Gasteiger partial charge on any atom is -0.508 e. The Bertz CT molecular complexity index is 1120. The van der Waals surface area contributed by atoms with Gasteiger partial charge in [0.2, 0.25) is 0 Å². The molecule has 1 fully saturated rings. The van der Waals surface area contributed by atoms with E-state index in [1.165, 1.54) is 55.2 Å². The van der Waals surface area contributed by atoms with Gasteiger partial charge in [-0.3, -0.25) is 0 Å². The van der Waals surface area contributed by atoms with Crippen LogP contribution in [0, 0.1) is 11.8 Å². The third-order valence-electron chi connectivity index (χ3n) is 8.68. The molecule has 3 aromatic rings. The molecular formula is C36H52N2O. The Morgan fingerprint density at radius 1 is 0.692 bits per heavy atom. The number of hydrogen-bond acceptors (Lipinski definition) is 3. The minimum absolute atomic E-state index is 0.128. The summed E-state index contributed by atoms with van der Waals surface area (Å²) in [6.07, 6.45) is 7.93. The molecule has 3 heteroatoms. The Labute approximate surface area is 238 Å². The fraction of sp³-hybridized carbons (Fsp3) is 0.500. The molecule has 1 aliphatic rings. The summed E-state index contributed by atoms with van der Waals surface area (Å²) in [6, 6.07) is 27.6. The summed E-state index contributed by atoms with van der Waals surface area (Å²) in [4.78, 5) is 0. The number of rotatable bonds is 8. The third-order valence-corrected chi connectivity index (χ3v) is 8.68. The summed E-state index contributed by atoms with van der Waals surface area (Å²) in [5.74, 6) is 2.08. The van der Waals surface area contributed by atoms with Crippen molar-refractivity contribution in [3.05, 3.63) is 101 Å². The molecule has 4 atom stereocenters. The van der Waals surface area contributed by atoms with Crippen molar-refractivity contribution in [2.24, 2.45) is 23.3 Å². The van der Waals surface area contributed by atoms with Crippen molar-refractivity contribution >= 4 is 0 Å². The van der Waals surface area contributed by atoms with E-state index < -0.39 is 0 Å². The molecular weight excluding hydrogens is 476 g/mol. The van der Waals surface area contributed by atoms with Crippen molar-refractivity contribution in [1.82, 2.24) is 0 Å². The Hall–Kier alpha value is -2.62. The lowest BCUT2D eigenvalue weighted by atomic mass is 9.73. The SMILES string of the molecule is CC(C)(c1ccccc1)c1ccc(O)c(C(C)(C)c2ccccc2)c1.CC(N)CC1CCCC(CC(C)N)C1. The van der Waals surface area contributed by atoms with Crippen LogP contribution in [-0.4, -0.2) is 17.2 Å². The fourth-order valence-electron chi connectivity index (χ4n) is 6.34. The van der Waals surface area contributed by atoms with Gasteiger partial charge in [-0.25, -0.2) is 0 Å². The predicted molar refractivity (Wildman–Crippen MR) is 167 cm³/mol. The van der Waals surface area contributed by atoms with Crippen LogP contribution in [-0.2, 0) is 10.8 Å². The van der Waals surface area contributed by atoms with Crippen LogP contribution in [0.3, 0.4) is 0 Å². The van der Waals surface area contributed by atoms with Gasteiger partial charge in [-0.05, 0) is 67.7 Å². The molecule has 0 radical (unpaired) electrons. The van der Waals surface area contributed by atoms with Crippen molar-refractivity contribution in [2.75, 3.05) is 0 Å². The quantitative estimate of drug-likeness (QED) is 0.275. The van der Waals surface area contributed by atoms with E-state index in [1.807, 2.05) is 36.4 Å². The van der Waals surface area contributed by atoms with Crippen LogP contribution in [0.2, 0.25) is 0 Å². The highest BCUT2D eigenvalue weighted by Gasteiger charge is 2.30. The van der Waals surface area contributed by atoms with Gasteiger partial charge in [-0.15, -0.1) is 0 Å². The monoisotopic (exact) mass is 528 g/mol. The van der Waals surface area contributed by atoms with Gasteiger partial charge in [-0.1, -0.05) is 120 Å². The number of nitrogens with two attached hydrogens (primary N) is 2. The van der Waals surface area contributed by atoms with Gasteiger partial charge in [0.1, 0.15) is 5.75 Å². The van der Waals surface area contributed by atoms with Gasteiger partial charge >= 0.3 is 0 Å². The second-order valence-corrected chi connectivity index (χ2v) is 13.0. The minimum atomic E-state index is -0.270. The first-order chi connectivity index (χ1) is 18.4. The Morgan fingerprint density at radius 3 is 1.62 bits per heavy atom. The Kier molecular flexibility index (Phi) is 10.8. The maximum absolute atomic E-state index is 10.6. The highest BCUT2D eigenvalue weighted by atomic mass is 16.3. The van der Waals surface area contributed by atoms with Gasteiger partial charge < -0.3 is 16.6 Å². The molecule has 0 aliphatic heterocycles. The van der Waals surface area contributed by atoms with Crippen molar-refractivity contribution in [1.29, 1.82) is 0 Å². The molecule has 0 saturated heterocycles. The van der Waals surface area contributed by atoms with Crippen LogP contribution < -0.4 is 11.5 Å². The highest BCUT2D eigenvalue weighted by molar-refractivity contribution is 5.50.